The third kappa shape index (κ3) is 4.99. The lowest BCUT2D eigenvalue weighted by atomic mass is 10.2. The summed E-state index contributed by atoms with van der Waals surface area (Å²) in [5.74, 6) is 1.11. The van der Waals surface area contributed by atoms with Crippen molar-refractivity contribution in [1.82, 2.24) is 35.7 Å². The number of piperazine rings is 2. The number of hydrogen-bond acceptors (Lipinski definition) is 9. The standard InChI is InChI=1S/C21H27N9O.ClH/c31-20-18-17(13-24-28-20)26-21(30-11-7-23-8-12-30)27-19(18)25-16-3-1-15(2-4-16)14-29-9-5-22-6-10-29;/h1-4,13,22-23H,5-12,14H2,(H,28,31)(H,25,26,27);1H. The molecule has 0 unspecified atom stereocenters. The monoisotopic (exact) mass is 457 g/mol. The van der Waals surface area contributed by atoms with Crippen LogP contribution in [0.1, 0.15) is 5.56 Å². The van der Waals surface area contributed by atoms with Crippen LogP contribution in [0.15, 0.2) is 35.3 Å². The third-order valence-corrected chi connectivity index (χ3v) is 5.74. The van der Waals surface area contributed by atoms with Gasteiger partial charge in [0.05, 0.1) is 6.20 Å². The van der Waals surface area contributed by atoms with E-state index >= 15 is 0 Å². The van der Waals surface area contributed by atoms with Crippen LogP contribution in [0, 0.1) is 0 Å². The van der Waals surface area contributed by atoms with E-state index in [0.717, 1.165) is 64.6 Å². The molecule has 5 rings (SSSR count). The number of rotatable bonds is 5. The number of halogens is 1. The van der Waals surface area contributed by atoms with Crippen LogP contribution in [-0.4, -0.2) is 77.4 Å². The summed E-state index contributed by atoms with van der Waals surface area (Å²) < 4.78 is 0. The van der Waals surface area contributed by atoms with Crippen molar-refractivity contribution >= 4 is 40.8 Å². The molecule has 0 radical (unpaired) electrons. The van der Waals surface area contributed by atoms with E-state index in [1.165, 1.54) is 5.56 Å². The van der Waals surface area contributed by atoms with Crippen molar-refractivity contribution in [2.24, 2.45) is 0 Å². The molecular weight excluding hydrogens is 430 g/mol. The van der Waals surface area contributed by atoms with Gasteiger partial charge < -0.3 is 20.9 Å². The molecule has 2 aromatic heterocycles. The maximum atomic E-state index is 12.5. The summed E-state index contributed by atoms with van der Waals surface area (Å²) in [4.78, 5) is 26.4. The highest BCUT2D eigenvalue weighted by Crippen LogP contribution is 2.24. The average Bonchev–Trinajstić information content (AvgIpc) is 2.81. The fraction of sp³-hybridized carbons (Fsp3) is 0.429. The summed E-state index contributed by atoms with van der Waals surface area (Å²) in [6, 6.07) is 8.31. The topological polar surface area (TPSA) is 114 Å². The van der Waals surface area contributed by atoms with Gasteiger partial charge in [-0.15, -0.1) is 12.4 Å². The smallest absolute Gasteiger partial charge is 0.277 e. The lowest BCUT2D eigenvalue weighted by Crippen LogP contribution is -2.44. The van der Waals surface area contributed by atoms with Gasteiger partial charge in [0.1, 0.15) is 16.7 Å². The van der Waals surface area contributed by atoms with Gasteiger partial charge in [-0.2, -0.15) is 10.1 Å². The predicted octanol–water partition coefficient (Wildman–Crippen LogP) is 0.693. The van der Waals surface area contributed by atoms with Crippen LogP contribution in [0.4, 0.5) is 17.5 Å². The van der Waals surface area contributed by atoms with E-state index in [4.69, 9.17) is 4.98 Å². The largest absolute Gasteiger partial charge is 0.339 e. The van der Waals surface area contributed by atoms with E-state index in [9.17, 15) is 4.79 Å². The molecule has 10 nitrogen and oxygen atoms in total. The Balaban J connectivity index is 0.00000245. The quantitative estimate of drug-likeness (QED) is 0.439. The molecule has 32 heavy (non-hydrogen) atoms. The minimum absolute atomic E-state index is 0. The van der Waals surface area contributed by atoms with Gasteiger partial charge in [0, 0.05) is 64.6 Å². The molecule has 2 aliphatic heterocycles. The van der Waals surface area contributed by atoms with Gasteiger partial charge in [-0.05, 0) is 17.7 Å². The molecule has 0 bridgehead atoms. The first-order valence-corrected chi connectivity index (χ1v) is 10.8. The Morgan fingerprint density at radius 1 is 0.938 bits per heavy atom. The van der Waals surface area contributed by atoms with Crippen molar-refractivity contribution in [3.63, 3.8) is 0 Å². The third-order valence-electron chi connectivity index (χ3n) is 5.74. The number of fused-ring (bicyclic) bond motifs is 1. The molecule has 0 saturated carbocycles. The number of nitrogens with one attached hydrogen (secondary N) is 4. The maximum Gasteiger partial charge on any atom is 0.277 e. The number of anilines is 3. The summed E-state index contributed by atoms with van der Waals surface area (Å²) in [6.07, 6.45) is 1.58. The Morgan fingerprint density at radius 3 is 2.34 bits per heavy atom. The average molecular weight is 458 g/mol. The van der Waals surface area contributed by atoms with Gasteiger partial charge in [-0.3, -0.25) is 9.69 Å². The van der Waals surface area contributed by atoms with E-state index in [-0.39, 0.29) is 18.0 Å². The second-order valence-corrected chi connectivity index (χ2v) is 7.92. The van der Waals surface area contributed by atoms with Crippen LogP contribution < -0.4 is 26.4 Å². The zero-order valence-corrected chi connectivity index (χ0v) is 18.6. The van der Waals surface area contributed by atoms with Crippen LogP contribution >= 0.6 is 12.4 Å². The molecule has 0 spiro atoms. The SMILES string of the molecule is Cl.O=c1[nH]ncc2nc(N3CCNCC3)nc(Nc3ccc(CN4CCNCC4)cc3)c12. The molecule has 2 aliphatic rings. The molecule has 1 aromatic carbocycles. The van der Waals surface area contributed by atoms with Crippen LogP contribution in [0.5, 0.6) is 0 Å². The summed E-state index contributed by atoms with van der Waals surface area (Å²) in [7, 11) is 0. The molecular formula is C21H28ClN9O. The van der Waals surface area contributed by atoms with Crippen molar-refractivity contribution in [2.75, 3.05) is 62.6 Å². The van der Waals surface area contributed by atoms with Gasteiger partial charge in [-0.25, -0.2) is 10.1 Å². The normalized spacial score (nSPS) is 17.2. The fourth-order valence-corrected chi connectivity index (χ4v) is 4.05. The number of aromatic amines is 1. The highest BCUT2D eigenvalue weighted by atomic mass is 35.5. The number of H-pyrrole nitrogens is 1. The second-order valence-electron chi connectivity index (χ2n) is 7.92. The van der Waals surface area contributed by atoms with Crippen molar-refractivity contribution in [1.29, 1.82) is 0 Å². The molecule has 4 N–H and O–H groups in total. The lowest BCUT2D eigenvalue weighted by molar-refractivity contribution is 0.233. The summed E-state index contributed by atoms with van der Waals surface area (Å²) >= 11 is 0. The van der Waals surface area contributed by atoms with E-state index < -0.39 is 0 Å². The van der Waals surface area contributed by atoms with Crippen molar-refractivity contribution in [3.05, 3.63) is 46.4 Å². The van der Waals surface area contributed by atoms with Crippen molar-refractivity contribution < 1.29 is 0 Å². The van der Waals surface area contributed by atoms with E-state index in [2.05, 4.69) is 53.1 Å². The minimum atomic E-state index is -0.304. The van der Waals surface area contributed by atoms with E-state index in [1.54, 1.807) is 6.20 Å². The van der Waals surface area contributed by atoms with Gasteiger partial charge in [0.2, 0.25) is 5.95 Å². The zero-order chi connectivity index (χ0) is 21.0. The van der Waals surface area contributed by atoms with E-state index in [0.29, 0.717) is 22.7 Å². The lowest BCUT2D eigenvalue weighted by Gasteiger charge is -2.28. The Morgan fingerprint density at radius 2 is 1.62 bits per heavy atom. The summed E-state index contributed by atoms with van der Waals surface area (Å²) in [6.45, 7) is 8.57. The highest BCUT2D eigenvalue weighted by molar-refractivity contribution is 5.90. The molecule has 2 fully saturated rings. The number of nitrogens with zero attached hydrogens (tertiary/aromatic N) is 5. The van der Waals surface area contributed by atoms with Gasteiger partial charge >= 0.3 is 0 Å². The molecule has 0 atom stereocenters. The first-order valence-electron chi connectivity index (χ1n) is 10.8. The Kier molecular flexibility index (Phi) is 7.15. The van der Waals surface area contributed by atoms with Crippen LogP contribution in [-0.2, 0) is 6.54 Å². The Hall–Kier alpha value is -2.79. The molecule has 11 heteroatoms. The molecule has 2 saturated heterocycles. The number of hydrogen-bond donors (Lipinski definition) is 4. The molecule has 170 valence electrons. The van der Waals surface area contributed by atoms with Crippen LogP contribution in [0.2, 0.25) is 0 Å². The van der Waals surface area contributed by atoms with Crippen molar-refractivity contribution in [3.8, 4) is 0 Å². The maximum absolute atomic E-state index is 12.5. The molecule has 4 heterocycles. The summed E-state index contributed by atoms with van der Waals surface area (Å²) in [5, 5.41) is 16.9. The van der Waals surface area contributed by atoms with Gasteiger partial charge in [0.25, 0.3) is 5.56 Å². The predicted molar refractivity (Wildman–Crippen MR) is 128 cm³/mol. The highest BCUT2D eigenvalue weighted by Gasteiger charge is 2.18. The molecule has 0 aliphatic carbocycles. The molecule has 0 amide bonds. The fourth-order valence-electron chi connectivity index (χ4n) is 4.05. The Labute approximate surface area is 192 Å². The molecule has 3 aromatic rings. The first kappa shape index (κ1) is 22.4. The van der Waals surface area contributed by atoms with Crippen LogP contribution in [0.25, 0.3) is 10.9 Å². The second kappa shape index (κ2) is 10.2. The number of benzene rings is 1. The Bertz CT molecular complexity index is 1090. The minimum Gasteiger partial charge on any atom is -0.339 e. The van der Waals surface area contributed by atoms with E-state index in [1.807, 2.05) is 12.1 Å². The van der Waals surface area contributed by atoms with Crippen molar-refractivity contribution in [2.45, 2.75) is 6.54 Å². The zero-order valence-electron chi connectivity index (χ0n) is 17.8. The van der Waals surface area contributed by atoms with Crippen LogP contribution in [0.3, 0.4) is 0 Å². The summed E-state index contributed by atoms with van der Waals surface area (Å²) in [5.41, 5.74) is 2.38. The first-order chi connectivity index (χ1) is 15.3. The van der Waals surface area contributed by atoms with Gasteiger partial charge in [-0.1, -0.05) is 12.1 Å². The number of aromatic nitrogens is 4. The van der Waals surface area contributed by atoms with Gasteiger partial charge in [0.15, 0.2) is 0 Å².